The van der Waals surface area contributed by atoms with Gasteiger partial charge in [0.2, 0.25) is 11.8 Å². The molecule has 1 aliphatic carbocycles. The van der Waals surface area contributed by atoms with E-state index in [4.69, 9.17) is 5.73 Å². The van der Waals surface area contributed by atoms with Crippen molar-refractivity contribution >= 4 is 17.5 Å². The smallest absolute Gasteiger partial charge is 0.248 e. The van der Waals surface area contributed by atoms with Crippen LogP contribution >= 0.6 is 0 Å². The van der Waals surface area contributed by atoms with Gasteiger partial charge in [0.05, 0.1) is 12.5 Å². The maximum absolute atomic E-state index is 12.5. The first-order valence-electron chi connectivity index (χ1n) is 11.1. The number of amides is 2. The van der Waals surface area contributed by atoms with E-state index >= 15 is 0 Å². The molecule has 6 heteroatoms. The van der Waals surface area contributed by atoms with E-state index in [0.29, 0.717) is 23.8 Å². The summed E-state index contributed by atoms with van der Waals surface area (Å²) >= 11 is 0. The van der Waals surface area contributed by atoms with Gasteiger partial charge in [0.1, 0.15) is 0 Å². The second kappa shape index (κ2) is 8.84. The standard InChI is InChI=1S/C23H33N3O3/c24-23(29)18-6-7-20-19(12-18)13-22(28)26(20)14-16-8-10-25(11-9-16)15-21(27)17-4-2-1-3-5-17/h6-7,12,16-17,21,27H,1-5,8-11,13-15H2,(H2,24,29). The first kappa shape index (κ1) is 20.4. The highest BCUT2D eigenvalue weighted by atomic mass is 16.3. The van der Waals surface area contributed by atoms with Crippen molar-refractivity contribution in [3.05, 3.63) is 29.3 Å². The number of benzene rings is 1. The van der Waals surface area contributed by atoms with Crippen molar-refractivity contribution in [2.75, 3.05) is 31.1 Å². The summed E-state index contributed by atoms with van der Waals surface area (Å²) in [5, 5.41) is 10.6. The Morgan fingerprint density at radius 3 is 2.55 bits per heavy atom. The molecule has 6 nitrogen and oxygen atoms in total. The highest BCUT2D eigenvalue weighted by Gasteiger charge is 2.32. The van der Waals surface area contributed by atoms with Crippen LogP contribution in [0.3, 0.4) is 0 Å². The largest absolute Gasteiger partial charge is 0.392 e. The molecule has 3 aliphatic rings. The van der Waals surface area contributed by atoms with Crippen LogP contribution in [0.5, 0.6) is 0 Å². The van der Waals surface area contributed by atoms with Crippen LogP contribution in [-0.4, -0.2) is 54.1 Å². The molecule has 4 rings (SSSR count). The number of piperidine rings is 1. The van der Waals surface area contributed by atoms with Gasteiger partial charge >= 0.3 is 0 Å². The van der Waals surface area contributed by atoms with Gasteiger partial charge in [-0.3, -0.25) is 9.59 Å². The fourth-order valence-electron chi connectivity index (χ4n) is 5.28. The zero-order valence-electron chi connectivity index (χ0n) is 17.2. The number of nitrogens with two attached hydrogens (primary N) is 1. The van der Waals surface area contributed by atoms with Crippen molar-refractivity contribution < 1.29 is 14.7 Å². The average molecular weight is 400 g/mol. The lowest BCUT2D eigenvalue weighted by Crippen LogP contribution is -2.44. The summed E-state index contributed by atoms with van der Waals surface area (Å²) < 4.78 is 0. The second-order valence-corrected chi connectivity index (χ2v) is 9.10. The van der Waals surface area contributed by atoms with Gasteiger partial charge in [-0.1, -0.05) is 19.3 Å². The van der Waals surface area contributed by atoms with Gasteiger partial charge in [-0.05, 0) is 74.4 Å². The van der Waals surface area contributed by atoms with Gasteiger partial charge in [0.25, 0.3) is 0 Å². The Hall–Kier alpha value is -1.92. The second-order valence-electron chi connectivity index (χ2n) is 9.10. The van der Waals surface area contributed by atoms with Crippen LogP contribution in [0, 0.1) is 11.8 Å². The quantitative estimate of drug-likeness (QED) is 0.769. The van der Waals surface area contributed by atoms with E-state index in [1.54, 1.807) is 12.1 Å². The van der Waals surface area contributed by atoms with Gasteiger partial charge in [-0.25, -0.2) is 0 Å². The van der Waals surface area contributed by atoms with Crippen molar-refractivity contribution in [2.24, 2.45) is 17.6 Å². The zero-order chi connectivity index (χ0) is 20.4. The number of hydrogen-bond donors (Lipinski definition) is 2. The van der Waals surface area contributed by atoms with Gasteiger partial charge < -0.3 is 20.6 Å². The first-order valence-corrected chi connectivity index (χ1v) is 11.1. The predicted molar refractivity (Wildman–Crippen MR) is 113 cm³/mol. The maximum atomic E-state index is 12.5. The van der Waals surface area contributed by atoms with E-state index in [1.165, 1.54) is 32.1 Å². The molecule has 0 bridgehead atoms. The van der Waals surface area contributed by atoms with Crippen LogP contribution in [0.15, 0.2) is 18.2 Å². The molecule has 1 saturated heterocycles. The van der Waals surface area contributed by atoms with Gasteiger partial charge in [-0.2, -0.15) is 0 Å². The van der Waals surface area contributed by atoms with Crippen LogP contribution in [0.4, 0.5) is 5.69 Å². The fraction of sp³-hybridized carbons (Fsp3) is 0.652. The Morgan fingerprint density at radius 1 is 1.14 bits per heavy atom. The summed E-state index contributed by atoms with van der Waals surface area (Å²) in [7, 11) is 0. The Kier molecular flexibility index (Phi) is 6.20. The number of β-amino-alcohol motifs (C(OH)–C–C–N with tert-alkyl or cyclic N) is 1. The number of likely N-dealkylation sites (tertiary alicyclic amines) is 1. The molecule has 2 fully saturated rings. The topological polar surface area (TPSA) is 86.9 Å². The lowest BCUT2D eigenvalue weighted by atomic mass is 9.85. The van der Waals surface area contributed by atoms with Crippen molar-refractivity contribution in [3.63, 3.8) is 0 Å². The van der Waals surface area contributed by atoms with Crippen molar-refractivity contribution in [1.82, 2.24) is 4.90 Å². The number of primary amides is 1. The minimum atomic E-state index is -0.457. The van der Waals surface area contributed by atoms with Crippen molar-refractivity contribution in [3.8, 4) is 0 Å². The Morgan fingerprint density at radius 2 is 1.86 bits per heavy atom. The molecule has 1 saturated carbocycles. The minimum Gasteiger partial charge on any atom is -0.392 e. The molecule has 29 heavy (non-hydrogen) atoms. The molecular formula is C23H33N3O3. The molecule has 0 radical (unpaired) electrons. The number of hydrogen-bond acceptors (Lipinski definition) is 4. The fourth-order valence-corrected chi connectivity index (χ4v) is 5.28. The third-order valence-corrected chi connectivity index (χ3v) is 7.08. The Balaban J connectivity index is 1.29. The molecule has 2 heterocycles. The minimum absolute atomic E-state index is 0.108. The number of aliphatic hydroxyl groups excluding tert-OH is 1. The SMILES string of the molecule is NC(=O)c1ccc2c(c1)CC(=O)N2CC1CCN(CC(O)C2CCCCC2)CC1. The molecule has 0 aromatic heterocycles. The van der Waals surface area contributed by atoms with E-state index < -0.39 is 5.91 Å². The Bertz CT molecular complexity index is 752. The summed E-state index contributed by atoms with van der Waals surface area (Å²) in [6.07, 6.45) is 8.44. The molecule has 1 atom stereocenters. The van der Waals surface area contributed by atoms with Crippen LogP contribution in [-0.2, 0) is 11.2 Å². The van der Waals surface area contributed by atoms with Crippen LogP contribution < -0.4 is 10.6 Å². The van der Waals surface area contributed by atoms with Crippen molar-refractivity contribution in [1.29, 1.82) is 0 Å². The molecule has 2 amide bonds. The summed E-state index contributed by atoms with van der Waals surface area (Å²) in [6.45, 7) is 3.51. The lowest BCUT2D eigenvalue weighted by Gasteiger charge is -2.36. The third-order valence-electron chi connectivity index (χ3n) is 7.08. The maximum Gasteiger partial charge on any atom is 0.248 e. The molecule has 1 aromatic carbocycles. The Labute approximate surface area is 173 Å². The molecule has 3 N–H and O–H groups in total. The molecule has 1 aromatic rings. The number of anilines is 1. The summed E-state index contributed by atoms with van der Waals surface area (Å²) in [4.78, 5) is 28.2. The van der Waals surface area contributed by atoms with Gasteiger partial charge in [0.15, 0.2) is 0 Å². The van der Waals surface area contributed by atoms with E-state index in [-0.39, 0.29) is 12.0 Å². The van der Waals surface area contributed by atoms with Crippen LogP contribution in [0.1, 0.15) is 60.9 Å². The molecule has 1 unspecified atom stereocenters. The van der Waals surface area contributed by atoms with E-state index in [0.717, 1.165) is 50.3 Å². The molecule has 2 aliphatic heterocycles. The van der Waals surface area contributed by atoms with Crippen LogP contribution in [0.2, 0.25) is 0 Å². The lowest BCUT2D eigenvalue weighted by molar-refractivity contribution is -0.117. The number of aliphatic hydroxyl groups is 1. The highest BCUT2D eigenvalue weighted by Crippen LogP contribution is 2.32. The van der Waals surface area contributed by atoms with Gasteiger partial charge in [0, 0.05) is 24.3 Å². The monoisotopic (exact) mass is 399 g/mol. The number of carbonyl (C=O) groups excluding carboxylic acids is 2. The highest BCUT2D eigenvalue weighted by molar-refractivity contribution is 6.03. The van der Waals surface area contributed by atoms with E-state index in [1.807, 2.05) is 11.0 Å². The predicted octanol–water partition coefficient (Wildman–Crippen LogP) is 2.33. The molecule has 158 valence electrons. The van der Waals surface area contributed by atoms with E-state index in [2.05, 4.69) is 4.90 Å². The van der Waals surface area contributed by atoms with Crippen molar-refractivity contribution in [2.45, 2.75) is 57.5 Å². The molecular weight excluding hydrogens is 366 g/mol. The third kappa shape index (κ3) is 4.64. The number of fused-ring (bicyclic) bond motifs is 1. The average Bonchev–Trinajstić information content (AvgIpc) is 3.04. The number of nitrogens with zero attached hydrogens (tertiary/aromatic N) is 2. The summed E-state index contributed by atoms with van der Waals surface area (Å²) in [6, 6.07) is 5.32. The summed E-state index contributed by atoms with van der Waals surface area (Å²) in [5.74, 6) is 0.604. The first-order chi connectivity index (χ1) is 14.0. The van der Waals surface area contributed by atoms with Crippen LogP contribution in [0.25, 0.3) is 0 Å². The summed E-state index contributed by atoms with van der Waals surface area (Å²) in [5.41, 5.74) is 7.65. The normalized spacial score (nSPS) is 22.7. The van der Waals surface area contributed by atoms with E-state index in [9.17, 15) is 14.7 Å². The van der Waals surface area contributed by atoms with Gasteiger partial charge in [-0.15, -0.1) is 0 Å². The number of rotatable bonds is 6. The molecule has 0 spiro atoms. The zero-order valence-corrected chi connectivity index (χ0v) is 17.2. The number of carbonyl (C=O) groups is 2.